The number of pyridine rings is 1. The Morgan fingerprint density at radius 1 is 1.07 bits per heavy atom. The maximum absolute atomic E-state index is 12.6. The van der Waals surface area contributed by atoms with E-state index in [1.807, 2.05) is 6.07 Å². The van der Waals surface area contributed by atoms with Crippen molar-refractivity contribution in [2.75, 3.05) is 30.0 Å². The van der Waals surface area contributed by atoms with Gasteiger partial charge in [0.2, 0.25) is 0 Å². The van der Waals surface area contributed by atoms with Gasteiger partial charge in [-0.3, -0.25) is 4.68 Å². The summed E-state index contributed by atoms with van der Waals surface area (Å²) in [6.45, 7) is 0.897. The van der Waals surface area contributed by atoms with Gasteiger partial charge in [-0.05, 0) is 31.7 Å². The molecule has 1 saturated carbocycles. The van der Waals surface area contributed by atoms with Crippen LogP contribution in [0.2, 0.25) is 0 Å². The quantitative estimate of drug-likeness (QED) is 0.300. The summed E-state index contributed by atoms with van der Waals surface area (Å²) in [6, 6.07) is 3.54. The average molecular weight is 578 g/mol. The van der Waals surface area contributed by atoms with Gasteiger partial charge in [0.1, 0.15) is 18.3 Å². The number of nitrogens with one attached hydrogen (secondary N) is 1. The highest BCUT2D eigenvalue weighted by molar-refractivity contribution is 7.90. The van der Waals surface area contributed by atoms with E-state index in [4.69, 9.17) is 0 Å². The van der Waals surface area contributed by atoms with E-state index >= 15 is 0 Å². The van der Waals surface area contributed by atoms with Gasteiger partial charge in [-0.1, -0.05) is 11.8 Å². The second-order valence-electron chi connectivity index (χ2n) is 10.00. The lowest BCUT2D eigenvalue weighted by molar-refractivity contribution is 0.154. The average Bonchev–Trinajstić information content (AvgIpc) is 3.55. The SMILES string of the molecule is O=S(=O)(C1CC1)n1cc(-c2nccc(Nc3cc(N4CCC[C@@H](O)C4)c(C#Cc4cnn(CCF)c4)cn3)n2)cn1. The predicted octanol–water partition coefficient (Wildman–Crippen LogP) is 2.35. The first kappa shape index (κ1) is 26.9. The first-order chi connectivity index (χ1) is 19.9. The zero-order valence-electron chi connectivity index (χ0n) is 22.1. The first-order valence-corrected chi connectivity index (χ1v) is 14.8. The van der Waals surface area contributed by atoms with E-state index in [1.165, 1.54) is 17.1 Å². The van der Waals surface area contributed by atoms with E-state index < -0.39 is 22.8 Å². The molecule has 14 heteroatoms. The lowest BCUT2D eigenvalue weighted by Crippen LogP contribution is -2.38. The molecule has 2 N–H and O–H groups in total. The molecule has 212 valence electrons. The van der Waals surface area contributed by atoms with Crippen LogP contribution in [0.3, 0.4) is 0 Å². The topological polar surface area (TPSA) is 144 Å². The minimum absolute atomic E-state index is 0.174. The molecule has 0 aromatic carbocycles. The van der Waals surface area contributed by atoms with Gasteiger partial charge >= 0.3 is 0 Å². The van der Waals surface area contributed by atoms with Crippen LogP contribution in [0.5, 0.6) is 0 Å². The number of piperidine rings is 1. The molecule has 0 radical (unpaired) electrons. The van der Waals surface area contributed by atoms with Gasteiger partial charge < -0.3 is 15.3 Å². The maximum atomic E-state index is 12.6. The van der Waals surface area contributed by atoms with Crippen LogP contribution >= 0.6 is 0 Å². The number of anilines is 3. The van der Waals surface area contributed by atoms with Crippen molar-refractivity contribution in [3.05, 3.63) is 60.4 Å². The summed E-state index contributed by atoms with van der Waals surface area (Å²) in [6.07, 6.45) is 11.8. The van der Waals surface area contributed by atoms with Crippen molar-refractivity contribution >= 4 is 27.3 Å². The Morgan fingerprint density at radius 2 is 1.95 bits per heavy atom. The van der Waals surface area contributed by atoms with E-state index in [-0.39, 0.29) is 11.8 Å². The molecule has 0 amide bonds. The second-order valence-corrected chi connectivity index (χ2v) is 12.1. The van der Waals surface area contributed by atoms with Crippen LogP contribution in [0.1, 0.15) is 36.8 Å². The normalized spacial score (nSPS) is 17.2. The number of aromatic nitrogens is 7. The van der Waals surface area contributed by atoms with E-state index in [0.717, 1.165) is 29.2 Å². The number of aliphatic hydroxyl groups is 1. The number of aryl methyl sites for hydroxylation is 1. The third-order valence-electron chi connectivity index (χ3n) is 6.84. The highest BCUT2D eigenvalue weighted by atomic mass is 32.2. The second kappa shape index (κ2) is 11.3. The van der Waals surface area contributed by atoms with E-state index in [9.17, 15) is 17.9 Å². The fourth-order valence-electron chi connectivity index (χ4n) is 4.60. The Labute approximate surface area is 236 Å². The Kier molecular flexibility index (Phi) is 7.38. The van der Waals surface area contributed by atoms with Crippen LogP contribution < -0.4 is 10.2 Å². The number of alkyl halides is 1. The molecule has 2 aliphatic rings. The molecule has 1 saturated heterocycles. The molecule has 41 heavy (non-hydrogen) atoms. The number of rotatable bonds is 8. The molecule has 2 fully saturated rings. The predicted molar refractivity (Wildman–Crippen MR) is 150 cm³/mol. The maximum Gasteiger partial charge on any atom is 0.256 e. The Hall–Kier alpha value is -4.35. The van der Waals surface area contributed by atoms with Crippen molar-refractivity contribution in [2.45, 2.75) is 43.6 Å². The Bertz CT molecular complexity index is 1720. The number of nitrogens with zero attached hydrogens (tertiary/aromatic N) is 8. The molecule has 4 aromatic heterocycles. The minimum Gasteiger partial charge on any atom is -0.391 e. The zero-order chi connectivity index (χ0) is 28.4. The number of hydrogen-bond acceptors (Lipinski definition) is 10. The summed E-state index contributed by atoms with van der Waals surface area (Å²) in [4.78, 5) is 15.4. The van der Waals surface area contributed by atoms with Gasteiger partial charge in [-0.2, -0.15) is 14.3 Å². The third-order valence-corrected chi connectivity index (χ3v) is 8.88. The summed E-state index contributed by atoms with van der Waals surface area (Å²) < 4.78 is 40.1. The monoisotopic (exact) mass is 577 g/mol. The molecular formula is C27H28FN9O3S. The summed E-state index contributed by atoms with van der Waals surface area (Å²) in [7, 11) is -3.49. The summed E-state index contributed by atoms with van der Waals surface area (Å²) in [5, 5.41) is 21.3. The summed E-state index contributed by atoms with van der Waals surface area (Å²) in [5.41, 5.74) is 2.63. The molecule has 1 atom stereocenters. The smallest absolute Gasteiger partial charge is 0.256 e. The van der Waals surface area contributed by atoms with Crippen LogP contribution in [0, 0.1) is 11.8 Å². The Balaban J connectivity index is 1.26. The standard InChI is InChI=1S/C27H28FN9O3S/c28-8-11-36-16-19(13-31-36)3-4-20-14-30-26(12-24(20)35-10-1-2-22(38)18-35)33-25-7-9-29-27(34-25)21-15-32-37(17-21)41(39,40)23-5-6-23/h7,9,12-17,22-23,38H,1-2,5-6,8,10-11,18H2,(H,29,30,33,34)/t22-/m1/s1. The highest BCUT2D eigenvalue weighted by Gasteiger charge is 2.37. The van der Waals surface area contributed by atoms with Crippen LogP contribution in [0.4, 0.5) is 21.7 Å². The number of aliphatic hydroxyl groups excluding tert-OH is 1. The zero-order valence-corrected chi connectivity index (χ0v) is 22.9. The molecule has 0 spiro atoms. The van der Waals surface area contributed by atoms with E-state index in [2.05, 4.69) is 47.2 Å². The molecular weight excluding hydrogens is 549 g/mol. The fourth-order valence-corrected chi connectivity index (χ4v) is 6.07. The van der Waals surface area contributed by atoms with E-state index in [1.54, 1.807) is 30.9 Å². The van der Waals surface area contributed by atoms with Gasteiger partial charge in [-0.25, -0.2) is 27.8 Å². The van der Waals surface area contributed by atoms with E-state index in [0.29, 0.717) is 53.5 Å². The number of halogens is 1. The first-order valence-electron chi connectivity index (χ1n) is 13.3. The van der Waals surface area contributed by atoms with Gasteiger partial charge in [-0.15, -0.1) is 0 Å². The molecule has 6 rings (SSSR count). The largest absolute Gasteiger partial charge is 0.391 e. The van der Waals surface area contributed by atoms with Gasteiger partial charge in [0.25, 0.3) is 10.0 Å². The molecule has 12 nitrogen and oxygen atoms in total. The molecule has 0 unspecified atom stereocenters. The molecule has 0 bridgehead atoms. The third kappa shape index (κ3) is 6.06. The Morgan fingerprint density at radius 3 is 2.76 bits per heavy atom. The molecule has 5 heterocycles. The number of hydrogen-bond donors (Lipinski definition) is 2. The van der Waals surface area contributed by atoms with Crippen LogP contribution in [-0.2, 0) is 16.6 Å². The fraction of sp³-hybridized carbons (Fsp3) is 0.370. The van der Waals surface area contributed by atoms with Crippen molar-refractivity contribution < 1.29 is 17.9 Å². The van der Waals surface area contributed by atoms with Crippen LogP contribution in [0.15, 0.2) is 49.3 Å². The number of β-amino-alcohol motifs (C(OH)–C–C–N with tert-alkyl or cyclic N) is 1. The molecule has 1 aliphatic heterocycles. The molecule has 4 aromatic rings. The van der Waals surface area contributed by atoms with Crippen molar-refractivity contribution in [2.24, 2.45) is 0 Å². The summed E-state index contributed by atoms with van der Waals surface area (Å²) >= 11 is 0. The highest BCUT2D eigenvalue weighted by Crippen LogP contribution is 2.31. The van der Waals surface area contributed by atoms with Crippen LogP contribution in [0.25, 0.3) is 11.4 Å². The van der Waals surface area contributed by atoms with Crippen molar-refractivity contribution in [3.8, 4) is 23.2 Å². The lowest BCUT2D eigenvalue weighted by atomic mass is 10.1. The summed E-state index contributed by atoms with van der Waals surface area (Å²) in [5.74, 6) is 7.52. The molecule has 1 aliphatic carbocycles. The van der Waals surface area contributed by atoms with Gasteiger partial charge in [0, 0.05) is 37.7 Å². The van der Waals surface area contributed by atoms with Crippen molar-refractivity contribution in [1.29, 1.82) is 0 Å². The minimum atomic E-state index is -3.49. The van der Waals surface area contributed by atoms with Crippen molar-refractivity contribution in [1.82, 2.24) is 33.9 Å². The lowest BCUT2D eigenvalue weighted by Gasteiger charge is -2.32. The van der Waals surface area contributed by atoms with Crippen molar-refractivity contribution in [3.63, 3.8) is 0 Å². The van der Waals surface area contributed by atoms with Gasteiger partial charge in [0.05, 0.1) is 58.9 Å². The van der Waals surface area contributed by atoms with Crippen LogP contribution in [-0.4, -0.2) is 78.6 Å². The van der Waals surface area contributed by atoms with Gasteiger partial charge in [0.15, 0.2) is 5.82 Å².